The van der Waals surface area contributed by atoms with Crippen LogP contribution >= 0.6 is 11.6 Å². The Morgan fingerprint density at radius 1 is 1.32 bits per heavy atom. The average Bonchev–Trinajstić information content (AvgIpc) is 2.58. The zero-order valence-corrected chi connectivity index (χ0v) is 14.5. The van der Waals surface area contributed by atoms with Gasteiger partial charge in [0.05, 0.1) is 13.2 Å². The number of hydrazine groups is 1. The maximum absolute atomic E-state index is 13.9. The van der Waals surface area contributed by atoms with Crippen molar-refractivity contribution in [1.29, 1.82) is 0 Å². The predicted molar refractivity (Wildman–Crippen MR) is 94.1 cm³/mol. The molecule has 2 aromatic rings. The molecule has 0 heterocycles. The van der Waals surface area contributed by atoms with Crippen molar-refractivity contribution in [3.63, 3.8) is 0 Å². The summed E-state index contributed by atoms with van der Waals surface area (Å²) >= 11 is 5.91. The first-order valence-corrected chi connectivity index (χ1v) is 8.17. The number of benzene rings is 2. The summed E-state index contributed by atoms with van der Waals surface area (Å²) in [7, 11) is 0. The van der Waals surface area contributed by atoms with Crippen molar-refractivity contribution >= 4 is 17.6 Å². The second kappa shape index (κ2) is 8.92. The lowest BCUT2D eigenvalue weighted by molar-refractivity contribution is -0.154. The van der Waals surface area contributed by atoms with E-state index in [4.69, 9.17) is 22.2 Å². The average molecular weight is 367 g/mol. The standard InChI is InChI=1S/C18H20ClFN2O3/c1-2-25-18(24)17(23)11-22(21)10-12-3-5-13(6-4-12)15-9-14(19)7-8-16(15)20/h3-9,17,23H,2,10-11,21H2,1H3/t17-/m1/s1. The second-order valence-electron chi connectivity index (χ2n) is 5.52. The second-order valence-corrected chi connectivity index (χ2v) is 5.95. The van der Waals surface area contributed by atoms with Gasteiger partial charge in [-0.1, -0.05) is 35.9 Å². The molecule has 5 nitrogen and oxygen atoms in total. The summed E-state index contributed by atoms with van der Waals surface area (Å²) in [5, 5.41) is 11.5. The third-order valence-corrected chi connectivity index (χ3v) is 3.78. The van der Waals surface area contributed by atoms with E-state index < -0.39 is 12.1 Å². The van der Waals surface area contributed by atoms with E-state index in [2.05, 4.69) is 0 Å². The summed E-state index contributed by atoms with van der Waals surface area (Å²) in [6.07, 6.45) is -1.30. The molecule has 0 spiro atoms. The number of nitrogens with zero attached hydrogens (tertiary/aromatic N) is 1. The molecule has 0 aliphatic heterocycles. The van der Waals surface area contributed by atoms with Gasteiger partial charge < -0.3 is 9.84 Å². The molecule has 134 valence electrons. The maximum atomic E-state index is 13.9. The first-order valence-electron chi connectivity index (χ1n) is 7.79. The van der Waals surface area contributed by atoms with Crippen molar-refractivity contribution in [2.45, 2.75) is 19.6 Å². The van der Waals surface area contributed by atoms with Crippen LogP contribution in [0.2, 0.25) is 5.02 Å². The molecule has 2 aromatic carbocycles. The monoisotopic (exact) mass is 366 g/mol. The van der Waals surface area contributed by atoms with E-state index in [0.717, 1.165) is 5.56 Å². The molecule has 1 atom stereocenters. The number of halogens is 2. The zero-order valence-electron chi connectivity index (χ0n) is 13.8. The van der Waals surface area contributed by atoms with Gasteiger partial charge in [0.15, 0.2) is 6.10 Å². The van der Waals surface area contributed by atoms with Gasteiger partial charge in [-0.15, -0.1) is 0 Å². The zero-order chi connectivity index (χ0) is 18.4. The molecule has 25 heavy (non-hydrogen) atoms. The van der Waals surface area contributed by atoms with Gasteiger partial charge in [-0.3, -0.25) is 5.84 Å². The first-order chi connectivity index (χ1) is 11.9. The SMILES string of the molecule is CCOC(=O)[C@H](O)CN(N)Cc1ccc(-c2cc(Cl)ccc2F)cc1. The molecule has 0 radical (unpaired) electrons. The van der Waals surface area contributed by atoms with Crippen LogP contribution in [0.25, 0.3) is 11.1 Å². The molecule has 7 heteroatoms. The molecule has 0 aromatic heterocycles. The molecule has 0 bridgehead atoms. The van der Waals surface area contributed by atoms with Crippen molar-refractivity contribution in [3.8, 4) is 11.1 Å². The van der Waals surface area contributed by atoms with Crippen molar-refractivity contribution in [1.82, 2.24) is 5.01 Å². The smallest absolute Gasteiger partial charge is 0.336 e. The molecule has 0 aliphatic carbocycles. The van der Waals surface area contributed by atoms with Gasteiger partial charge in [0.25, 0.3) is 0 Å². The molecule has 0 amide bonds. The summed E-state index contributed by atoms with van der Waals surface area (Å²) in [6, 6.07) is 11.5. The van der Waals surface area contributed by atoms with Crippen LogP contribution in [-0.4, -0.2) is 35.3 Å². The lowest BCUT2D eigenvalue weighted by Gasteiger charge is -2.19. The van der Waals surface area contributed by atoms with Gasteiger partial charge in [0, 0.05) is 17.1 Å². The van der Waals surface area contributed by atoms with E-state index in [9.17, 15) is 14.3 Å². The van der Waals surface area contributed by atoms with Crippen LogP contribution in [0, 0.1) is 5.82 Å². The lowest BCUT2D eigenvalue weighted by Crippen LogP contribution is -2.41. The summed E-state index contributed by atoms with van der Waals surface area (Å²) in [4.78, 5) is 11.4. The summed E-state index contributed by atoms with van der Waals surface area (Å²) in [6.45, 7) is 2.12. The Balaban J connectivity index is 2.00. The number of hydrogen-bond donors (Lipinski definition) is 2. The quantitative estimate of drug-likeness (QED) is 0.447. The third-order valence-electron chi connectivity index (χ3n) is 3.55. The Hall–Kier alpha value is -1.99. The highest BCUT2D eigenvalue weighted by Crippen LogP contribution is 2.26. The molecule has 0 fully saturated rings. The van der Waals surface area contributed by atoms with Crippen molar-refractivity contribution < 1.29 is 19.0 Å². The summed E-state index contributed by atoms with van der Waals surface area (Å²) in [5.41, 5.74) is 1.96. The van der Waals surface area contributed by atoms with Crippen LogP contribution in [0.1, 0.15) is 12.5 Å². The number of rotatable bonds is 7. The van der Waals surface area contributed by atoms with Crippen LogP contribution in [0.15, 0.2) is 42.5 Å². The Bertz CT molecular complexity index is 725. The number of aliphatic hydroxyl groups excluding tert-OH is 1. The normalized spacial score (nSPS) is 12.2. The summed E-state index contributed by atoms with van der Waals surface area (Å²) < 4.78 is 18.6. The van der Waals surface area contributed by atoms with Crippen molar-refractivity contribution in [2.75, 3.05) is 13.2 Å². The molecule has 0 unspecified atom stereocenters. The number of carbonyl (C=O) groups excluding carboxylic acids is 1. The Morgan fingerprint density at radius 2 is 2.00 bits per heavy atom. The predicted octanol–water partition coefficient (Wildman–Crippen LogP) is 2.75. The largest absolute Gasteiger partial charge is 0.464 e. The van der Waals surface area contributed by atoms with Crippen LogP contribution < -0.4 is 5.84 Å². The molecule has 0 aliphatic rings. The van der Waals surface area contributed by atoms with E-state index in [0.29, 0.717) is 22.7 Å². The number of carbonyl (C=O) groups is 1. The van der Waals surface area contributed by atoms with Crippen molar-refractivity contribution in [3.05, 3.63) is 58.9 Å². The topological polar surface area (TPSA) is 75.8 Å². The Kier molecular flexibility index (Phi) is 6.90. The minimum atomic E-state index is -1.30. The molecule has 3 N–H and O–H groups in total. The van der Waals surface area contributed by atoms with Gasteiger partial charge in [0.2, 0.25) is 0 Å². The lowest BCUT2D eigenvalue weighted by atomic mass is 10.0. The fraction of sp³-hybridized carbons (Fsp3) is 0.278. The fourth-order valence-corrected chi connectivity index (χ4v) is 2.51. The minimum Gasteiger partial charge on any atom is -0.464 e. The van der Waals surface area contributed by atoms with E-state index in [1.54, 1.807) is 37.3 Å². The van der Waals surface area contributed by atoms with Crippen LogP contribution in [-0.2, 0) is 16.1 Å². The Labute approximate surface area is 150 Å². The highest BCUT2D eigenvalue weighted by Gasteiger charge is 2.18. The molecule has 0 saturated carbocycles. The Morgan fingerprint density at radius 3 is 2.64 bits per heavy atom. The highest BCUT2D eigenvalue weighted by molar-refractivity contribution is 6.30. The fourth-order valence-electron chi connectivity index (χ4n) is 2.34. The number of esters is 1. The highest BCUT2D eigenvalue weighted by atomic mass is 35.5. The number of aliphatic hydroxyl groups is 1. The van der Waals surface area contributed by atoms with Gasteiger partial charge in [-0.2, -0.15) is 0 Å². The molecule has 2 rings (SSSR count). The van der Waals surface area contributed by atoms with E-state index in [1.807, 2.05) is 0 Å². The van der Waals surface area contributed by atoms with Gasteiger partial charge in [0.1, 0.15) is 5.82 Å². The van der Waals surface area contributed by atoms with Crippen LogP contribution in [0.3, 0.4) is 0 Å². The van der Waals surface area contributed by atoms with Crippen molar-refractivity contribution in [2.24, 2.45) is 5.84 Å². The number of nitrogens with two attached hydrogens (primary N) is 1. The van der Waals surface area contributed by atoms with Gasteiger partial charge in [-0.05, 0) is 36.2 Å². The van der Waals surface area contributed by atoms with Gasteiger partial charge in [-0.25, -0.2) is 14.2 Å². The van der Waals surface area contributed by atoms with Crippen LogP contribution in [0.4, 0.5) is 4.39 Å². The minimum absolute atomic E-state index is 0.0521. The van der Waals surface area contributed by atoms with E-state index in [1.165, 1.54) is 17.1 Å². The van der Waals surface area contributed by atoms with E-state index in [-0.39, 0.29) is 19.0 Å². The van der Waals surface area contributed by atoms with E-state index >= 15 is 0 Å². The number of ether oxygens (including phenoxy) is 1. The molecular weight excluding hydrogens is 347 g/mol. The van der Waals surface area contributed by atoms with Crippen LogP contribution in [0.5, 0.6) is 0 Å². The first kappa shape index (κ1) is 19.3. The van der Waals surface area contributed by atoms with Gasteiger partial charge >= 0.3 is 5.97 Å². The molecule has 0 saturated heterocycles. The number of hydrogen-bond acceptors (Lipinski definition) is 5. The third kappa shape index (κ3) is 5.51. The summed E-state index contributed by atoms with van der Waals surface area (Å²) in [5.74, 6) is 4.77. The molecular formula is C18H20ClFN2O3. The maximum Gasteiger partial charge on any atom is 0.336 e.